The molecule has 0 aliphatic heterocycles. The Morgan fingerprint density at radius 2 is 2.07 bits per heavy atom. The lowest BCUT2D eigenvalue weighted by molar-refractivity contribution is -0.114. The second-order valence-electron chi connectivity index (χ2n) is 2.94. The zero-order chi connectivity index (χ0) is 11.4. The molecule has 4 nitrogen and oxygen atoms in total. The van der Waals surface area contributed by atoms with E-state index >= 15 is 0 Å². The highest BCUT2D eigenvalue weighted by Crippen LogP contribution is 2.07. The summed E-state index contributed by atoms with van der Waals surface area (Å²) in [6.45, 7) is 1.37. The number of rotatable bonds is 2. The van der Waals surface area contributed by atoms with Gasteiger partial charge >= 0.3 is 5.97 Å². The van der Waals surface area contributed by atoms with Crippen molar-refractivity contribution < 1.29 is 14.3 Å². The maximum atomic E-state index is 11.3. The lowest BCUT2D eigenvalue weighted by Gasteiger charge is -2.10. The zero-order valence-electron chi connectivity index (χ0n) is 8.53. The van der Waals surface area contributed by atoms with Crippen molar-refractivity contribution in [2.45, 2.75) is 6.92 Å². The smallest absolute Gasteiger partial charge is 0.337 e. The Labute approximate surface area is 89.0 Å². The molecule has 1 aromatic carbocycles. The van der Waals surface area contributed by atoms with Gasteiger partial charge in [0.05, 0.1) is 12.7 Å². The van der Waals surface area contributed by atoms with Crippen molar-refractivity contribution in [3.63, 3.8) is 0 Å². The minimum atomic E-state index is -0.528. The van der Waals surface area contributed by atoms with Crippen LogP contribution in [0.15, 0.2) is 18.2 Å². The Morgan fingerprint density at radius 1 is 1.40 bits per heavy atom. The van der Waals surface area contributed by atoms with E-state index in [4.69, 9.17) is 7.85 Å². The molecule has 0 spiro atoms. The largest absolute Gasteiger partial charge is 0.465 e. The maximum Gasteiger partial charge on any atom is 0.337 e. The van der Waals surface area contributed by atoms with Gasteiger partial charge in [-0.15, -0.1) is 0 Å². The number of amides is 1. The van der Waals surface area contributed by atoms with Gasteiger partial charge in [0.1, 0.15) is 7.85 Å². The Kier molecular flexibility index (Phi) is 3.49. The summed E-state index contributed by atoms with van der Waals surface area (Å²) in [4.78, 5) is 22.1. The molecule has 1 aromatic rings. The van der Waals surface area contributed by atoms with Crippen molar-refractivity contribution in [3.8, 4) is 0 Å². The zero-order valence-corrected chi connectivity index (χ0v) is 8.53. The summed E-state index contributed by atoms with van der Waals surface area (Å²) in [5.41, 5.74) is 0.855. The van der Waals surface area contributed by atoms with Gasteiger partial charge < -0.3 is 10.1 Å². The summed E-state index contributed by atoms with van der Waals surface area (Å²) in [7, 11) is 6.96. The van der Waals surface area contributed by atoms with Crippen LogP contribution in [0.1, 0.15) is 17.3 Å². The normalized spacial score (nSPS) is 9.47. The van der Waals surface area contributed by atoms with E-state index in [1.165, 1.54) is 20.1 Å². The van der Waals surface area contributed by atoms with E-state index in [0.29, 0.717) is 5.69 Å². The molecule has 0 saturated carbocycles. The monoisotopic (exact) mass is 203 g/mol. The van der Waals surface area contributed by atoms with Gasteiger partial charge in [-0.05, 0) is 12.1 Å². The molecular weight excluding hydrogens is 193 g/mol. The van der Waals surface area contributed by atoms with Crippen molar-refractivity contribution in [1.82, 2.24) is 0 Å². The van der Waals surface area contributed by atoms with E-state index < -0.39 is 5.97 Å². The average molecular weight is 203 g/mol. The van der Waals surface area contributed by atoms with Crippen LogP contribution in [0.25, 0.3) is 0 Å². The van der Waals surface area contributed by atoms with E-state index in [1.54, 1.807) is 12.1 Å². The van der Waals surface area contributed by atoms with Gasteiger partial charge in [-0.3, -0.25) is 4.79 Å². The van der Waals surface area contributed by atoms with Crippen LogP contribution in [-0.2, 0) is 9.53 Å². The third-order valence-electron chi connectivity index (χ3n) is 1.82. The molecule has 5 heteroatoms. The lowest BCUT2D eigenvalue weighted by atomic mass is 9.88. The van der Waals surface area contributed by atoms with Crippen molar-refractivity contribution >= 4 is 30.9 Å². The molecule has 0 saturated heterocycles. The van der Waals surface area contributed by atoms with Crippen LogP contribution in [0.4, 0.5) is 5.69 Å². The molecule has 0 aliphatic rings. The highest BCUT2D eigenvalue weighted by Gasteiger charge is 2.11. The molecule has 0 fully saturated rings. The molecule has 0 aromatic heterocycles. The number of carbonyl (C=O) groups is 2. The third kappa shape index (κ3) is 2.59. The number of nitrogens with one attached hydrogen (secondary N) is 1. The second kappa shape index (κ2) is 4.64. The fraction of sp³-hybridized carbons (Fsp3) is 0.200. The number of esters is 1. The fourth-order valence-corrected chi connectivity index (χ4v) is 1.15. The SMILES string of the molecule is [B]c1c(NC(C)=O)cccc1C(=O)OC. The predicted octanol–water partition coefficient (Wildman–Crippen LogP) is 0.225. The van der Waals surface area contributed by atoms with Crippen LogP contribution in [0.3, 0.4) is 0 Å². The molecule has 2 radical (unpaired) electrons. The summed E-state index contributed by atoms with van der Waals surface area (Å²) in [5.74, 6) is -0.775. The van der Waals surface area contributed by atoms with Gasteiger partial charge in [0, 0.05) is 12.6 Å². The Balaban J connectivity index is 3.11. The highest BCUT2D eigenvalue weighted by molar-refractivity contribution is 6.40. The van der Waals surface area contributed by atoms with Gasteiger partial charge in [0.2, 0.25) is 5.91 Å². The first kappa shape index (κ1) is 11.3. The highest BCUT2D eigenvalue weighted by atomic mass is 16.5. The summed E-state index contributed by atoms with van der Waals surface area (Å²) in [6, 6.07) is 4.77. The van der Waals surface area contributed by atoms with Gasteiger partial charge in [-0.1, -0.05) is 11.5 Å². The van der Waals surface area contributed by atoms with E-state index in [0.717, 1.165) is 0 Å². The summed E-state index contributed by atoms with van der Waals surface area (Å²) in [6.07, 6.45) is 0. The van der Waals surface area contributed by atoms with Crippen molar-refractivity contribution in [1.29, 1.82) is 0 Å². The van der Waals surface area contributed by atoms with Gasteiger partial charge in [0.15, 0.2) is 0 Å². The minimum absolute atomic E-state index is 0.208. The topological polar surface area (TPSA) is 55.4 Å². The standard InChI is InChI=1S/C10H10BNO3/c1-6(13)12-8-5-3-4-7(9(8)11)10(14)15-2/h3-5H,1-2H3,(H,12,13). The number of ether oxygens (including phenoxy) is 1. The summed E-state index contributed by atoms with van der Waals surface area (Å²) >= 11 is 0. The van der Waals surface area contributed by atoms with E-state index in [-0.39, 0.29) is 16.9 Å². The van der Waals surface area contributed by atoms with Crippen molar-refractivity contribution in [3.05, 3.63) is 23.8 Å². The van der Waals surface area contributed by atoms with E-state index in [2.05, 4.69) is 10.1 Å². The van der Waals surface area contributed by atoms with Crippen LogP contribution in [0.5, 0.6) is 0 Å². The van der Waals surface area contributed by atoms with Gasteiger partial charge in [-0.25, -0.2) is 4.79 Å². The first-order chi connectivity index (χ1) is 7.06. The Hall–Kier alpha value is -1.78. The summed E-state index contributed by atoms with van der Waals surface area (Å²) < 4.78 is 4.55. The van der Waals surface area contributed by atoms with E-state index in [1.807, 2.05) is 0 Å². The molecule has 76 valence electrons. The number of hydrogen-bond acceptors (Lipinski definition) is 3. The minimum Gasteiger partial charge on any atom is -0.465 e. The predicted molar refractivity (Wildman–Crippen MR) is 57.5 cm³/mol. The molecular formula is C10H10BNO3. The molecule has 0 aliphatic carbocycles. The number of hydrogen-bond donors (Lipinski definition) is 1. The molecule has 0 heterocycles. The molecule has 15 heavy (non-hydrogen) atoms. The Bertz CT molecular complexity index is 404. The van der Waals surface area contributed by atoms with Crippen LogP contribution in [0, 0.1) is 0 Å². The molecule has 0 unspecified atom stereocenters. The lowest BCUT2D eigenvalue weighted by Crippen LogP contribution is -2.22. The van der Waals surface area contributed by atoms with Gasteiger partial charge in [0.25, 0.3) is 0 Å². The number of benzene rings is 1. The van der Waals surface area contributed by atoms with Crippen molar-refractivity contribution in [2.75, 3.05) is 12.4 Å². The van der Waals surface area contributed by atoms with Crippen LogP contribution in [0.2, 0.25) is 0 Å². The quantitative estimate of drug-likeness (QED) is 0.552. The van der Waals surface area contributed by atoms with Crippen molar-refractivity contribution in [2.24, 2.45) is 0 Å². The molecule has 1 rings (SSSR count). The van der Waals surface area contributed by atoms with E-state index in [9.17, 15) is 9.59 Å². The molecule has 0 bridgehead atoms. The average Bonchev–Trinajstić information content (AvgIpc) is 2.19. The maximum absolute atomic E-state index is 11.3. The first-order valence-corrected chi connectivity index (χ1v) is 4.30. The molecule has 0 atom stereocenters. The third-order valence-corrected chi connectivity index (χ3v) is 1.82. The summed E-state index contributed by atoms with van der Waals surface area (Å²) in [5, 5.41) is 2.52. The Morgan fingerprint density at radius 3 is 2.60 bits per heavy atom. The van der Waals surface area contributed by atoms with Crippen LogP contribution in [-0.4, -0.2) is 26.8 Å². The first-order valence-electron chi connectivity index (χ1n) is 4.30. The second-order valence-corrected chi connectivity index (χ2v) is 2.94. The van der Waals surface area contributed by atoms with Crippen LogP contribution >= 0.6 is 0 Å². The molecule has 1 N–H and O–H groups in total. The number of carbonyl (C=O) groups excluding carboxylic acids is 2. The fourth-order valence-electron chi connectivity index (χ4n) is 1.15. The molecule has 1 amide bonds. The van der Waals surface area contributed by atoms with Crippen LogP contribution < -0.4 is 10.8 Å². The number of methoxy groups -OCH3 is 1. The number of anilines is 1. The van der Waals surface area contributed by atoms with Gasteiger partial charge in [-0.2, -0.15) is 0 Å².